The number of hydrogen-bond donors (Lipinski definition) is 2. The van der Waals surface area contributed by atoms with E-state index in [0.29, 0.717) is 5.92 Å². The van der Waals surface area contributed by atoms with Crippen molar-refractivity contribution in [3.05, 3.63) is 23.3 Å². The van der Waals surface area contributed by atoms with Crippen LogP contribution in [0.2, 0.25) is 0 Å². The molecule has 1 aliphatic carbocycles. The van der Waals surface area contributed by atoms with Gasteiger partial charge in [0.25, 0.3) is 0 Å². The third kappa shape index (κ3) is 1.72. The molecule has 0 atom stereocenters. The van der Waals surface area contributed by atoms with Gasteiger partial charge in [0.2, 0.25) is 0 Å². The number of hydrogen-bond acceptors (Lipinski definition) is 3. The van der Waals surface area contributed by atoms with Gasteiger partial charge in [0.1, 0.15) is 11.5 Å². The van der Waals surface area contributed by atoms with Crippen molar-refractivity contribution in [1.29, 1.82) is 0 Å². The Morgan fingerprint density at radius 1 is 1.41 bits per heavy atom. The highest BCUT2D eigenvalue weighted by Gasteiger charge is 2.25. The molecule has 1 fully saturated rings. The number of fused-ring (bicyclic) bond motifs is 1. The summed E-state index contributed by atoms with van der Waals surface area (Å²) in [6, 6.07) is 0. The second-order valence-corrected chi connectivity index (χ2v) is 4.85. The SMILES string of the molecule is CNCc1c[nH]c2nc(C)nc(C3CCC3)c12. The lowest BCUT2D eigenvalue weighted by Crippen LogP contribution is -2.13. The summed E-state index contributed by atoms with van der Waals surface area (Å²) in [5.41, 5.74) is 3.53. The Hall–Kier alpha value is -1.42. The van der Waals surface area contributed by atoms with Crippen LogP contribution in [0.25, 0.3) is 11.0 Å². The number of aryl methyl sites for hydroxylation is 1. The zero-order chi connectivity index (χ0) is 11.8. The van der Waals surface area contributed by atoms with Crippen molar-refractivity contribution < 1.29 is 0 Å². The Morgan fingerprint density at radius 3 is 2.88 bits per heavy atom. The van der Waals surface area contributed by atoms with Crippen LogP contribution in [0.4, 0.5) is 0 Å². The first-order valence-corrected chi connectivity index (χ1v) is 6.28. The fraction of sp³-hybridized carbons (Fsp3) is 0.538. The van der Waals surface area contributed by atoms with Crippen molar-refractivity contribution in [2.24, 2.45) is 0 Å². The maximum atomic E-state index is 4.68. The van der Waals surface area contributed by atoms with E-state index in [2.05, 4.69) is 26.5 Å². The molecule has 0 amide bonds. The van der Waals surface area contributed by atoms with Crippen LogP contribution in [0.15, 0.2) is 6.20 Å². The summed E-state index contributed by atoms with van der Waals surface area (Å²) < 4.78 is 0. The van der Waals surface area contributed by atoms with Gasteiger partial charge in [-0.2, -0.15) is 0 Å². The number of nitrogens with one attached hydrogen (secondary N) is 2. The maximum Gasteiger partial charge on any atom is 0.141 e. The van der Waals surface area contributed by atoms with E-state index in [1.165, 1.54) is 35.9 Å². The number of H-pyrrole nitrogens is 1. The molecule has 17 heavy (non-hydrogen) atoms. The molecule has 1 aliphatic rings. The molecule has 0 aromatic carbocycles. The average Bonchev–Trinajstić information content (AvgIpc) is 2.59. The first-order chi connectivity index (χ1) is 8.29. The Bertz CT molecular complexity index is 540. The third-order valence-electron chi connectivity index (χ3n) is 3.61. The van der Waals surface area contributed by atoms with Crippen molar-refractivity contribution in [2.75, 3.05) is 7.05 Å². The Morgan fingerprint density at radius 2 is 2.24 bits per heavy atom. The molecule has 0 unspecified atom stereocenters. The smallest absolute Gasteiger partial charge is 0.141 e. The number of rotatable bonds is 3. The van der Waals surface area contributed by atoms with Gasteiger partial charge in [-0.15, -0.1) is 0 Å². The highest BCUT2D eigenvalue weighted by Crippen LogP contribution is 2.39. The molecule has 90 valence electrons. The van der Waals surface area contributed by atoms with Crippen molar-refractivity contribution in [2.45, 2.75) is 38.6 Å². The van der Waals surface area contributed by atoms with Crippen LogP contribution < -0.4 is 5.32 Å². The monoisotopic (exact) mass is 230 g/mol. The molecule has 0 radical (unpaired) electrons. The lowest BCUT2D eigenvalue weighted by Gasteiger charge is -2.25. The fourth-order valence-electron chi connectivity index (χ4n) is 2.55. The minimum absolute atomic E-state index is 0.644. The molecular formula is C13H18N4. The van der Waals surface area contributed by atoms with E-state index >= 15 is 0 Å². The number of aromatic amines is 1. The van der Waals surface area contributed by atoms with Crippen LogP contribution in [0.5, 0.6) is 0 Å². The largest absolute Gasteiger partial charge is 0.346 e. The summed E-state index contributed by atoms with van der Waals surface area (Å²) in [5, 5.41) is 4.45. The van der Waals surface area contributed by atoms with Gasteiger partial charge in [-0.3, -0.25) is 0 Å². The maximum absolute atomic E-state index is 4.68. The topological polar surface area (TPSA) is 53.6 Å². The summed E-state index contributed by atoms with van der Waals surface area (Å²) >= 11 is 0. The molecule has 2 aromatic rings. The van der Waals surface area contributed by atoms with Crippen LogP contribution in [0, 0.1) is 6.92 Å². The van der Waals surface area contributed by atoms with Crippen molar-refractivity contribution >= 4 is 11.0 Å². The van der Waals surface area contributed by atoms with E-state index in [9.17, 15) is 0 Å². The van der Waals surface area contributed by atoms with Gasteiger partial charge in [0, 0.05) is 24.0 Å². The fourth-order valence-corrected chi connectivity index (χ4v) is 2.55. The molecule has 0 saturated heterocycles. The minimum atomic E-state index is 0.644. The van der Waals surface area contributed by atoms with Crippen molar-refractivity contribution in [1.82, 2.24) is 20.3 Å². The quantitative estimate of drug-likeness (QED) is 0.850. The van der Waals surface area contributed by atoms with E-state index in [1.54, 1.807) is 0 Å². The number of nitrogens with zero attached hydrogens (tertiary/aromatic N) is 2. The molecule has 4 nitrogen and oxygen atoms in total. The highest BCUT2D eigenvalue weighted by atomic mass is 15.0. The highest BCUT2D eigenvalue weighted by molar-refractivity contribution is 5.83. The van der Waals surface area contributed by atoms with Crippen LogP contribution in [0.1, 0.15) is 42.3 Å². The van der Waals surface area contributed by atoms with Gasteiger partial charge < -0.3 is 10.3 Å². The van der Waals surface area contributed by atoms with E-state index < -0.39 is 0 Å². The lowest BCUT2D eigenvalue weighted by molar-refractivity contribution is 0.413. The molecule has 0 aliphatic heterocycles. The van der Waals surface area contributed by atoms with Gasteiger partial charge in [0.05, 0.1) is 5.69 Å². The molecule has 2 aromatic heterocycles. The Balaban J connectivity index is 2.18. The zero-order valence-corrected chi connectivity index (χ0v) is 10.4. The van der Waals surface area contributed by atoms with Crippen LogP contribution in [0.3, 0.4) is 0 Å². The Kier molecular flexibility index (Phi) is 2.59. The third-order valence-corrected chi connectivity index (χ3v) is 3.61. The van der Waals surface area contributed by atoms with Crippen LogP contribution >= 0.6 is 0 Å². The molecule has 4 heteroatoms. The first-order valence-electron chi connectivity index (χ1n) is 6.28. The van der Waals surface area contributed by atoms with Gasteiger partial charge in [-0.05, 0) is 32.4 Å². The van der Waals surface area contributed by atoms with E-state index in [0.717, 1.165) is 18.0 Å². The standard InChI is InChI=1S/C13H18N4/c1-8-16-12(9-4-3-5-9)11-10(6-14-2)7-15-13(11)17-8/h7,9,14H,3-6H2,1-2H3,(H,15,16,17). The van der Waals surface area contributed by atoms with E-state index in [-0.39, 0.29) is 0 Å². The second-order valence-electron chi connectivity index (χ2n) is 4.85. The normalized spacial score (nSPS) is 16.4. The summed E-state index contributed by atoms with van der Waals surface area (Å²) in [6.45, 7) is 2.84. The minimum Gasteiger partial charge on any atom is -0.346 e. The Labute approximate surface area is 101 Å². The van der Waals surface area contributed by atoms with Gasteiger partial charge >= 0.3 is 0 Å². The number of aromatic nitrogens is 3. The van der Waals surface area contributed by atoms with E-state index in [4.69, 9.17) is 0 Å². The predicted octanol–water partition coefficient (Wildman–Crippen LogP) is 2.25. The summed E-state index contributed by atoms with van der Waals surface area (Å²) in [5.74, 6) is 1.52. The van der Waals surface area contributed by atoms with Crippen LogP contribution in [-0.4, -0.2) is 22.0 Å². The van der Waals surface area contributed by atoms with Gasteiger partial charge in [-0.25, -0.2) is 9.97 Å². The molecule has 1 saturated carbocycles. The van der Waals surface area contributed by atoms with Gasteiger partial charge in [-0.1, -0.05) is 6.42 Å². The van der Waals surface area contributed by atoms with Gasteiger partial charge in [0.15, 0.2) is 0 Å². The molecular weight excluding hydrogens is 212 g/mol. The second kappa shape index (κ2) is 4.11. The zero-order valence-electron chi connectivity index (χ0n) is 10.4. The molecule has 2 heterocycles. The molecule has 3 rings (SSSR count). The van der Waals surface area contributed by atoms with Crippen molar-refractivity contribution in [3.8, 4) is 0 Å². The molecule has 2 N–H and O–H groups in total. The lowest BCUT2D eigenvalue weighted by atomic mass is 9.81. The molecule has 0 bridgehead atoms. The predicted molar refractivity (Wildman–Crippen MR) is 68.0 cm³/mol. The first kappa shape index (κ1) is 10.7. The summed E-state index contributed by atoms with van der Waals surface area (Å²) in [7, 11) is 1.97. The van der Waals surface area contributed by atoms with E-state index in [1.807, 2.05) is 14.0 Å². The summed E-state index contributed by atoms with van der Waals surface area (Å²) in [4.78, 5) is 12.4. The van der Waals surface area contributed by atoms with Crippen LogP contribution in [-0.2, 0) is 6.54 Å². The molecule has 0 spiro atoms. The van der Waals surface area contributed by atoms with Crippen molar-refractivity contribution in [3.63, 3.8) is 0 Å². The average molecular weight is 230 g/mol. The summed E-state index contributed by atoms with van der Waals surface area (Å²) in [6.07, 6.45) is 5.93.